The number of piperazine rings is 1. The normalized spacial score (nSPS) is 20.0. The number of likely N-dealkylation sites (tertiary alicyclic amines) is 1. The van der Waals surface area contributed by atoms with Crippen molar-refractivity contribution in [3.05, 3.63) is 64.8 Å². The molecular weight excluding hydrogens is 539 g/mol. The third kappa shape index (κ3) is 6.14. The van der Waals surface area contributed by atoms with Crippen molar-refractivity contribution in [1.82, 2.24) is 23.7 Å². The lowest BCUT2D eigenvalue weighted by atomic mass is 9.97. The minimum absolute atomic E-state index is 0.232. The van der Waals surface area contributed by atoms with Crippen molar-refractivity contribution in [3.63, 3.8) is 0 Å². The van der Waals surface area contributed by atoms with Crippen molar-refractivity contribution in [2.24, 2.45) is 0 Å². The van der Waals surface area contributed by atoms with Crippen LogP contribution in [-0.2, 0) is 16.6 Å². The standard InChI is InChI=1S/C28H36ClFN6O2S/c1-4-24-19-34(27-20(2)15-22(17-32-27)28-31-9-12-36(28)39(3,37)38)13-14-35(24)25-7-10-33(11-8-25)18-21-5-6-23(29)16-26(21)30/h5-6,9,12,15-17,24-25H,4,7-8,10-11,13-14,18-19H2,1-3H3. The Morgan fingerprint density at radius 3 is 2.54 bits per heavy atom. The highest BCUT2D eigenvalue weighted by molar-refractivity contribution is 7.89. The Morgan fingerprint density at radius 1 is 1.10 bits per heavy atom. The van der Waals surface area contributed by atoms with Crippen LogP contribution in [0.5, 0.6) is 0 Å². The van der Waals surface area contributed by atoms with Gasteiger partial charge in [-0.05, 0) is 63.0 Å². The van der Waals surface area contributed by atoms with Gasteiger partial charge in [0.25, 0.3) is 0 Å². The molecule has 0 radical (unpaired) electrons. The van der Waals surface area contributed by atoms with Crippen LogP contribution in [0.25, 0.3) is 11.4 Å². The SMILES string of the molecule is CCC1CN(c2ncc(-c3nccn3S(C)(=O)=O)cc2C)CCN1C1CCN(Cc2ccc(Cl)cc2F)CC1. The van der Waals surface area contributed by atoms with Crippen LogP contribution in [0.3, 0.4) is 0 Å². The molecule has 1 aromatic carbocycles. The van der Waals surface area contributed by atoms with E-state index in [4.69, 9.17) is 16.6 Å². The van der Waals surface area contributed by atoms with Crippen LogP contribution < -0.4 is 4.90 Å². The first kappa shape index (κ1) is 28.0. The molecule has 0 saturated carbocycles. The van der Waals surface area contributed by atoms with Gasteiger partial charge >= 0.3 is 0 Å². The number of imidazole rings is 1. The summed E-state index contributed by atoms with van der Waals surface area (Å²) < 4.78 is 39.7. The van der Waals surface area contributed by atoms with Crippen molar-refractivity contribution in [2.75, 3.05) is 43.9 Å². The van der Waals surface area contributed by atoms with Crippen LogP contribution >= 0.6 is 11.6 Å². The zero-order valence-corrected chi connectivity index (χ0v) is 24.3. The van der Waals surface area contributed by atoms with Gasteiger partial charge in [0, 0.05) is 73.0 Å². The quantitative estimate of drug-likeness (QED) is 0.413. The summed E-state index contributed by atoms with van der Waals surface area (Å²) >= 11 is 5.91. The molecule has 2 saturated heterocycles. The number of pyridine rings is 1. The van der Waals surface area contributed by atoms with Gasteiger partial charge in [-0.3, -0.25) is 9.80 Å². The van der Waals surface area contributed by atoms with E-state index >= 15 is 0 Å². The minimum atomic E-state index is -3.45. The van der Waals surface area contributed by atoms with E-state index in [9.17, 15) is 12.8 Å². The molecule has 0 amide bonds. The summed E-state index contributed by atoms with van der Waals surface area (Å²) in [6.45, 7) is 9.54. The number of hydrogen-bond acceptors (Lipinski definition) is 7. The summed E-state index contributed by atoms with van der Waals surface area (Å²) in [6, 6.07) is 7.86. The Bertz CT molecular complexity index is 1420. The monoisotopic (exact) mass is 574 g/mol. The summed E-state index contributed by atoms with van der Waals surface area (Å²) in [5.74, 6) is 1.08. The van der Waals surface area contributed by atoms with Crippen LogP contribution in [0.2, 0.25) is 5.02 Å². The van der Waals surface area contributed by atoms with Crippen LogP contribution in [0.15, 0.2) is 42.9 Å². The molecule has 5 rings (SSSR count). The number of benzene rings is 1. The third-order valence-electron chi connectivity index (χ3n) is 8.01. The molecule has 0 aliphatic carbocycles. The number of nitrogens with zero attached hydrogens (tertiary/aromatic N) is 6. The number of aryl methyl sites for hydroxylation is 1. The predicted octanol–water partition coefficient (Wildman–Crippen LogP) is 4.42. The maximum absolute atomic E-state index is 14.3. The highest BCUT2D eigenvalue weighted by Crippen LogP contribution is 2.29. The lowest BCUT2D eigenvalue weighted by Gasteiger charge is -2.48. The fourth-order valence-electron chi connectivity index (χ4n) is 5.99. The smallest absolute Gasteiger partial charge is 0.237 e. The molecule has 8 nitrogen and oxygen atoms in total. The Hall–Kier alpha value is -2.53. The molecule has 11 heteroatoms. The fourth-order valence-corrected chi connectivity index (χ4v) is 6.89. The van der Waals surface area contributed by atoms with Gasteiger partial charge in [0.1, 0.15) is 11.6 Å². The van der Waals surface area contributed by atoms with Crippen molar-refractivity contribution < 1.29 is 12.8 Å². The van der Waals surface area contributed by atoms with Crippen LogP contribution in [0, 0.1) is 12.7 Å². The second-order valence-electron chi connectivity index (χ2n) is 10.7. The Morgan fingerprint density at radius 2 is 1.87 bits per heavy atom. The van der Waals surface area contributed by atoms with Crippen molar-refractivity contribution in [2.45, 2.75) is 51.7 Å². The number of halogens is 2. The molecular formula is C28H36ClFN6O2S. The minimum Gasteiger partial charge on any atom is -0.354 e. The summed E-state index contributed by atoms with van der Waals surface area (Å²) in [5, 5.41) is 0.431. The molecule has 2 fully saturated rings. The third-order valence-corrected chi connectivity index (χ3v) is 9.25. The molecule has 1 atom stereocenters. The second-order valence-corrected chi connectivity index (χ2v) is 13.0. The summed E-state index contributed by atoms with van der Waals surface area (Å²) in [5.41, 5.74) is 2.39. The van der Waals surface area contributed by atoms with Gasteiger partial charge in [-0.1, -0.05) is 24.6 Å². The zero-order valence-electron chi connectivity index (χ0n) is 22.7. The van der Waals surface area contributed by atoms with Gasteiger partial charge in [0.05, 0.1) is 6.26 Å². The molecule has 2 aliphatic rings. The molecule has 0 N–H and O–H groups in total. The lowest BCUT2D eigenvalue weighted by molar-refractivity contribution is 0.0607. The second kappa shape index (κ2) is 11.5. The first-order valence-corrected chi connectivity index (χ1v) is 15.7. The summed E-state index contributed by atoms with van der Waals surface area (Å²) in [6.07, 6.45) is 9.04. The Kier molecular flexibility index (Phi) is 8.28. The lowest BCUT2D eigenvalue weighted by Crippen LogP contribution is -2.58. The van der Waals surface area contributed by atoms with Gasteiger partial charge in [-0.15, -0.1) is 0 Å². The molecule has 39 heavy (non-hydrogen) atoms. The summed E-state index contributed by atoms with van der Waals surface area (Å²) in [4.78, 5) is 16.4. The molecule has 0 spiro atoms. The van der Waals surface area contributed by atoms with Crippen LogP contribution in [0.4, 0.5) is 10.2 Å². The maximum atomic E-state index is 14.3. The number of piperidine rings is 1. The van der Waals surface area contributed by atoms with E-state index in [2.05, 4.69) is 26.6 Å². The molecule has 3 aromatic rings. The van der Waals surface area contributed by atoms with E-state index in [0.29, 0.717) is 40.6 Å². The van der Waals surface area contributed by atoms with Gasteiger partial charge in [-0.2, -0.15) is 0 Å². The number of anilines is 1. The molecule has 0 bridgehead atoms. The molecule has 4 heterocycles. The largest absolute Gasteiger partial charge is 0.354 e. The number of rotatable bonds is 7. The molecule has 2 aromatic heterocycles. The first-order valence-electron chi connectivity index (χ1n) is 13.5. The molecule has 210 valence electrons. The van der Waals surface area contributed by atoms with Crippen molar-refractivity contribution in [3.8, 4) is 11.4 Å². The van der Waals surface area contributed by atoms with Crippen LogP contribution in [-0.4, -0.2) is 83.2 Å². The topological polar surface area (TPSA) is 74.6 Å². The zero-order chi connectivity index (χ0) is 27.7. The van der Waals surface area contributed by atoms with Gasteiger partial charge in [0.2, 0.25) is 10.0 Å². The number of aromatic nitrogens is 3. The van der Waals surface area contributed by atoms with E-state index in [-0.39, 0.29) is 5.82 Å². The van der Waals surface area contributed by atoms with E-state index < -0.39 is 10.0 Å². The van der Waals surface area contributed by atoms with Crippen molar-refractivity contribution in [1.29, 1.82) is 0 Å². The first-order chi connectivity index (χ1) is 18.6. The van der Waals surface area contributed by atoms with E-state index in [1.807, 2.05) is 13.0 Å². The molecule has 2 aliphatic heterocycles. The highest BCUT2D eigenvalue weighted by atomic mass is 35.5. The maximum Gasteiger partial charge on any atom is 0.237 e. The van der Waals surface area contributed by atoms with E-state index in [1.165, 1.54) is 28.7 Å². The van der Waals surface area contributed by atoms with Crippen molar-refractivity contribution >= 4 is 27.4 Å². The Labute approximate surface area is 235 Å². The fraction of sp³-hybridized carbons (Fsp3) is 0.500. The average Bonchev–Trinajstić information content (AvgIpc) is 3.41. The Balaban J connectivity index is 1.22. The number of hydrogen-bond donors (Lipinski definition) is 0. The highest BCUT2D eigenvalue weighted by Gasteiger charge is 2.34. The summed E-state index contributed by atoms with van der Waals surface area (Å²) in [7, 11) is -3.45. The predicted molar refractivity (Wildman–Crippen MR) is 153 cm³/mol. The van der Waals surface area contributed by atoms with Gasteiger partial charge in [0.15, 0.2) is 5.82 Å². The van der Waals surface area contributed by atoms with Gasteiger partial charge in [-0.25, -0.2) is 26.7 Å². The van der Waals surface area contributed by atoms with Gasteiger partial charge < -0.3 is 4.90 Å². The van der Waals surface area contributed by atoms with Crippen LogP contribution in [0.1, 0.15) is 37.3 Å². The molecule has 1 unspecified atom stereocenters. The van der Waals surface area contributed by atoms with E-state index in [0.717, 1.165) is 63.4 Å². The van der Waals surface area contributed by atoms with E-state index in [1.54, 1.807) is 18.3 Å². The average molecular weight is 575 g/mol.